The third-order valence-electron chi connectivity index (χ3n) is 6.42. The highest BCUT2D eigenvalue weighted by Crippen LogP contribution is 2.29. The summed E-state index contributed by atoms with van der Waals surface area (Å²) in [6.45, 7) is 2.49. The highest BCUT2D eigenvalue weighted by atomic mass is 16.5. The van der Waals surface area contributed by atoms with Gasteiger partial charge in [-0.3, -0.25) is 0 Å². The first-order valence-electron chi connectivity index (χ1n) is 12.2. The number of anilines is 3. The topological polar surface area (TPSA) is 91.4 Å². The molecule has 0 radical (unpaired) electrons. The van der Waals surface area contributed by atoms with E-state index in [2.05, 4.69) is 34.9 Å². The summed E-state index contributed by atoms with van der Waals surface area (Å²) in [7, 11) is 4.10. The first-order valence-corrected chi connectivity index (χ1v) is 12.2. The zero-order chi connectivity index (χ0) is 23.2. The number of carbonyl (C=O) groups excluding carboxylic acids is 1. The monoisotopic (exact) mass is 452 g/mol. The van der Waals surface area contributed by atoms with Crippen LogP contribution in [0.4, 0.5) is 22.2 Å². The molecule has 1 fully saturated rings. The summed E-state index contributed by atoms with van der Waals surface area (Å²) in [5.74, 6) is 2.47. The molecule has 2 aliphatic rings. The maximum atomic E-state index is 12.5. The van der Waals surface area contributed by atoms with Gasteiger partial charge >= 0.3 is 6.03 Å². The number of urea groups is 1. The molecule has 1 aromatic carbocycles. The number of rotatable bonds is 7. The van der Waals surface area contributed by atoms with Crippen LogP contribution < -0.4 is 25.6 Å². The van der Waals surface area contributed by atoms with E-state index < -0.39 is 0 Å². The fourth-order valence-corrected chi connectivity index (χ4v) is 4.77. The lowest BCUT2D eigenvalue weighted by atomic mass is 9.91. The maximum Gasteiger partial charge on any atom is 0.319 e. The number of ether oxygens (including phenoxy) is 1. The predicted octanol–water partition coefficient (Wildman–Crippen LogP) is 4.36. The van der Waals surface area contributed by atoms with Crippen molar-refractivity contribution in [2.75, 3.05) is 36.2 Å². The Morgan fingerprint density at radius 3 is 2.55 bits per heavy atom. The lowest BCUT2D eigenvalue weighted by molar-refractivity contribution is 0.243. The van der Waals surface area contributed by atoms with Crippen LogP contribution in [0, 0.1) is 0 Å². The zero-order valence-electron chi connectivity index (χ0n) is 20.0. The summed E-state index contributed by atoms with van der Waals surface area (Å²) in [5.41, 5.74) is 3.19. The van der Waals surface area contributed by atoms with Crippen molar-refractivity contribution in [2.24, 2.45) is 0 Å². The molecule has 8 heteroatoms. The highest BCUT2D eigenvalue weighted by Gasteiger charge is 2.25. The molecular formula is C25H36N6O2. The van der Waals surface area contributed by atoms with Crippen molar-refractivity contribution in [1.82, 2.24) is 15.3 Å². The minimum atomic E-state index is -0.188. The van der Waals surface area contributed by atoms with Gasteiger partial charge in [0.1, 0.15) is 11.6 Å². The quantitative estimate of drug-likeness (QED) is 0.578. The molecule has 4 rings (SSSR count). The van der Waals surface area contributed by atoms with Crippen LogP contribution in [0.15, 0.2) is 24.3 Å². The standard InChI is InChI=1S/C25H36N6O2/c1-4-33-22-12-8-7-11-21(22)29-25(32)27-18-15-13-17(14-16-18)26-24-28-20-10-6-5-9-19(20)23(30-24)31(2)3/h7-8,11-12,17-18H,4-6,9-10,13-16H2,1-3H3,(H,26,28,30)(H2,27,29,32). The number of nitrogens with one attached hydrogen (secondary N) is 3. The summed E-state index contributed by atoms with van der Waals surface area (Å²) in [6.07, 6.45) is 8.29. The second kappa shape index (κ2) is 10.7. The van der Waals surface area contributed by atoms with Crippen molar-refractivity contribution in [3.63, 3.8) is 0 Å². The first kappa shape index (κ1) is 23.1. The van der Waals surface area contributed by atoms with Gasteiger partial charge in [-0.15, -0.1) is 0 Å². The number of carbonyl (C=O) groups is 1. The summed E-state index contributed by atoms with van der Waals surface area (Å²) in [5, 5.41) is 9.61. The third-order valence-corrected chi connectivity index (χ3v) is 6.42. The van der Waals surface area contributed by atoms with Gasteiger partial charge in [-0.1, -0.05) is 12.1 Å². The molecule has 1 saturated carbocycles. The van der Waals surface area contributed by atoms with E-state index in [0.29, 0.717) is 24.1 Å². The van der Waals surface area contributed by atoms with Gasteiger partial charge in [0, 0.05) is 31.7 Å². The molecule has 178 valence electrons. The van der Waals surface area contributed by atoms with Crippen molar-refractivity contribution in [1.29, 1.82) is 0 Å². The lowest BCUT2D eigenvalue weighted by Gasteiger charge is -2.30. The minimum absolute atomic E-state index is 0.157. The molecule has 1 heterocycles. The third kappa shape index (κ3) is 5.86. The Balaban J connectivity index is 1.30. The van der Waals surface area contributed by atoms with Crippen molar-refractivity contribution in [3.8, 4) is 5.75 Å². The molecular weight excluding hydrogens is 416 g/mol. The van der Waals surface area contributed by atoms with E-state index in [4.69, 9.17) is 14.7 Å². The SMILES string of the molecule is CCOc1ccccc1NC(=O)NC1CCC(Nc2nc3c(c(N(C)C)n2)CCCC3)CC1. The summed E-state index contributed by atoms with van der Waals surface area (Å²) in [6, 6.07) is 7.79. The maximum absolute atomic E-state index is 12.5. The average Bonchev–Trinajstić information content (AvgIpc) is 2.81. The molecule has 0 aliphatic heterocycles. The van der Waals surface area contributed by atoms with Crippen LogP contribution in [-0.2, 0) is 12.8 Å². The number of benzene rings is 1. The number of amides is 2. The van der Waals surface area contributed by atoms with Crippen molar-refractivity contribution >= 4 is 23.5 Å². The molecule has 0 atom stereocenters. The molecule has 2 amide bonds. The van der Waals surface area contributed by atoms with Gasteiger partial charge in [-0.25, -0.2) is 9.78 Å². The Morgan fingerprint density at radius 1 is 1.06 bits per heavy atom. The Bertz CT molecular complexity index is 956. The van der Waals surface area contributed by atoms with E-state index in [1.165, 1.54) is 24.1 Å². The van der Waals surface area contributed by atoms with Crippen molar-refractivity contribution in [3.05, 3.63) is 35.5 Å². The Kier molecular flexibility index (Phi) is 7.52. The van der Waals surface area contributed by atoms with Gasteiger partial charge in [0.15, 0.2) is 0 Å². The average molecular weight is 453 g/mol. The van der Waals surface area contributed by atoms with Gasteiger partial charge in [-0.2, -0.15) is 4.98 Å². The van der Waals surface area contributed by atoms with Gasteiger partial charge in [0.2, 0.25) is 5.95 Å². The number of hydrogen-bond acceptors (Lipinski definition) is 6. The molecule has 8 nitrogen and oxygen atoms in total. The molecule has 3 N–H and O–H groups in total. The summed E-state index contributed by atoms with van der Waals surface area (Å²) >= 11 is 0. The molecule has 0 unspecified atom stereocenters. The molecule has 0 saturated heterocycles. The number of nitrogens with zero attached hydrogens (tertiary/aromatic N) is 3. The molecule has 2 aromatic rings. The first-order chi connectivity index (χ1) is 16.0. The van der Waals surface area contributed by atoms with E-state index in [1.54, 1.807) is 0 Å². The summed E-state index contributed by atoms with van der Waals surface area (Å²) in [4.78, 5) is 24.3. The normalized spacial score (nSPS) is 19.8. The molecule has 0 spiro atoms. The van der Waals surface area contributed by atoms with E-state index in [-0.39, 0.29) is 12.1 Å². The number of hydrogen-bond donors (Lipinski definition) is 3. The number of aromatic nitrogens is 2. The number of para-hydroxylation sites is 2. The fraction of sp³-hybridized carbons (Fsp3) is 0.560. The smallest absolute Gasteiger partial charge is 0.319 e. The number of aryl methyl sites for hydroxylation is 1. The van der Waals surface area contributed by atoms with E-state index in [9.17, 15) is 4.79 Å². The second-order valence-corrected chi connectivity index (χ2v) is 9.12. The van der Waals surface area contributed by atoms with Crippen LogP contribution >= 0.6 is 0 Å². The van der Waals surface area contributed by atoms with E-state index in [0.717, 1.165) is 50.3 Å². The largest absolute Gasteiger partial charge is 0.492 e. The molecule has 33 heavy (non-hydrogen) atoms. The second-order valence-electron chi connectivity index (χ2n) is 9.12. The van der Waals surface area contributed by atoms with Crippen LogP contribution in [0.5, 0.6) is 5.75 Å². The van der Waals surface area contributed by atoms with Gasteiger partial charge in [0.25, 0.3) is 0 Å². The number of fused-ring (bicyclic) bond motifs is 1. The van der Waals surface area contributed by atoms with Gasteiger partial charge in [-0.05, 0) is 70.4 Å². The molecule has 1 aromatic heterocycles. The van der Waals surface area contributed by atoms with E-state index >= 15 is 0 Å². The molecule has 2 aliphatic carbocycles. The van der Waals surface area contributed by atoms with Crippen molar-refractivity contribution in [2.45, 2.75) is 70.4 Å². The summed E-state index contributed by atoms with van der Waals surface area (Å²) < 4.78 is 5.59. The highest BCUT2D eigenvalue weighted by molar-refractivity contribution is 5.91. The van der Waals surface area contributed by atoms with E-state index in [1.807, 2.05) is 31.2 Å². The van der Waals surface area contributed by atoms with Crippen LogP contribution in [0.1, 0.15) is 56.7 Å². The fourth-order valence-electron chi connectivity index (χ4n) is 4.77. The van der Waals surface area contributed by atoms with Gasteiger partial charge in [0.05, 0.1) is 18.0 Å². The zero-order valence-corrected chi connectivity index (χ0v) is 20.0. The minimum Gasteiger partial charge on any atom is -0.492 e. The van der Waals surface area contributed by atoms with Crippen LogP contribution in [0.2, 0.25) is 0 Å². The van der Waals surface area contributed by atoms with Crippen LogP contribution in [0.25, 0.3) is 0 Å². The van der Waals surface area contributed by atoms with Crippen LogP contribution in [-0.4, -0.2) is 48.8 Å². The predicted molar refractivity (Wildman–Crippen MR) is 132 cm³/mol. The van der Waals surface area contributed by atoms with Crippen molar-refractivity contribution < 1.29 is 9.53 Å². The van der Waals surface area contributed by atoms with Gasteiger partial charge < -0.3 is 25.6 Å². The Labute approximate surface area is 196 Å². The lowest BCUT2D eigenvalue weighted by Crippen LogP contribution is -2.42. The molecule has 0 bridgehead atoms. The Morgan fingerprint density at radius 2 is 1.79 bits per heavy atom. The van der Waals surface area contributed by atoms with Crippen LogP contribution in [0.3, 0.4) is 0 Å². The Hall–Kier alpha value is -3.03.